The van der Waals surface area contributed by atoms with Gasteiger partial charge < -0.3 is 92.8 Å². The first-order valence-corrected chi connectivity index (χ1v) is 16.5. The Morgan fingerprint density at radius 1 is 1.04 bits per heavy atom. The summed E-state index contributed by atoms with van der Waals surface area (Å²) in [5.74, 6) is -3.83. The van der Waals surface area contributed by atoms with Crippen LogP contribution in [-0.4, -0.2) is 180 Å². The number of halogens is 2. The van der Waals surface area contributed by atoms with E-state index in [0.29, 0.717) is 4.57 Å². The Labute approximate surface area is 296 Å². The minimum Gasteiger partial charge on any atom is -0.394 e. The van der Waals surface area contributed by atoms with Gasteiger partial charge in [0.1, 0.15) is 60.3 Å². The van der Waals surface area contributed by atoms with E-state index >= 15 is 0 Å². The molecule has 4 heterocycles. The fourth-order valence-corrected chi connectivity index (χ4v) is 6.67. The van der Waals surface area contributed by atoms with Crippen LogP contribution in [0.25, 0.3) is 0 Å². The van der Waals surface area contributed by atoms with Gasteiger partial charge in [0.15, 0.2) is 18.7 Å². The topological polar surface area (TPSA) is 359 Å². The van der Waals surface area contributed by atoms with Crippen LogP contribution >= 0.6 is 0 Å². The van der Waals surface area contributed by atoms with Crippen molar-refractivity contribution in [3.8, 4) is 0 Å². The van der Waals surface area contributed by atoms with E-state index in [2.05, 4.69) is 10.3 Å². The summed E-state index contributed by atoms with van der Waals surface area (Å²) in [5.41, 5.74) is 21.2. The molecule has 52 heavy (non-hydrogen) atoms. The molecule has 4 aliphatic rings. The first kappa shape index (κ1) is 42.6. The van der Waals surface area contributed by atoms with E-state index in [1.807, 2.05) is 0 Å². The fraction of sp³-hybridized carbons (Fsp3) is 0.862. The maximum Gasteiger partial charge on any atom is 0.351 e. The predicted molar refractivity (Wildman–Crippen MR) is 171 cm³/mol. The van der Waals surface area contributed by atoms with E-state index < -0.39 is 128 Å². The van der Waals surface area contributed by atoms with Crippen molar-refractivity contribution in [3.63, 3.8) is 0 Å². The molecule has 0 unspecified atom stereocenters. The number of likely N-dealkylation sites (N-methyl/N-ethyl adjacent to an activating group) is 1. The Balaban J connectivity index is 0.000000281. The van der Waals surface area contributed by atoms with Crippen molar-refractivity contribution in [2.24, 2.45) is 17.2 Å². The first-order chi connectivity index (χ1) is 24.2. The van der Waals surface area contributed by atoms with Crippen LogP contribution in [0, 0.1) is 0 Å². The van der Waals surface area contributed by atoms with E-state index in [-0.39, 0.29) is 18.8 Å². The number of aromatic nitrogens is 2. The summed E-state index contributed by atoms with van der Waals surface area (Å²) in [6.07, 6.45) is -17.1. The lowest BCUT2D eigenvalue weighted by Gasteiger charge is -2.49. The largest absolute Gasteiger partial charge is 0.394 e. The third kappa shape index (κ3) is 8.55. The second-order valence-electron chi connectivity index (χ2n) is 13.7. The highest BCUT2D eigenvalue weighted by Gasteiger charge is 2.59. The van der Waals surface area contributed by atoms with Crippen molar-refractivity contribution in [2.75, 3.05) is 26.0 Å². The lowest BCUT2D eigenvalue weighted by atomic mass is 9.84. The minimum absolute atomic E-state index is 0.114. The molecule has 0 bridgehead atoms. The smallest absolute Gasteiger partial charge is 0.351 e. The molecule has 23 heteroatoms. The lowest BCUT2D eigenvalue weighted by Crippen LogP contribution is -2.69. The fourth-order valence-electron chi connectivity index (χ4n) is 6.67. The second-order valence-corrected chi connectivity index (χ2v) is 13.7. The molecule has 3 saturated heterocycles. The van der Waals surface area contributed by atoms with Crippen LogP contribution in [0.4, 0.5) is 14.6 Å². The molecule has 1 aromatic rings. The number of aliphatic hydroxyl groups is 8. The Kier molecular flexibility index (Phi) is 13.7. The van der Waals surface area contributed by atoms with Gasteiger partial charge in [-0.1, -0.05) is 0 Å². The standard InChI is InChI=1S/C20H40N4O10.C9H11F2N3O4/c1-6(25)14-11(27)10(26)9(23)18(32-14)33-15-7(21)4-8(22)16(12(15)28)34-19-13(29)17(24-3)20(2,30)5-31-19;10-9(11)6(16)4(3-15)18-7(9)14-2-1-5(12)13-8(14)17/h6-19,24-30H,4-5,21-23H2,1-3H3;1-2,4,6-7,15-16H,3H2,(H2,12,13,17)/t6-,7-,8+,9+,10+,11-,12-,13+,14+,15+,16-,17+,18+,19+,20-;4-,6-,7-/m01/s1. The predicted octanol–water partition coefficient (Wildman–Crippen LogP) is -6.90. The Hall–Kier alpha value is -2.14. The minimum atomic E-state index is -3.71. The normalized spacial score (nSPS) is 45.5. The molecule has 18 atom stereocenters. The van der Waals surface area contributed by atoms with Crippen LogP contribution in [0.15, 0.2) is 17.1 Å². The van der Waals surface area contributed by atoms with Gasteiger partial charge in [0.05, 0.1) is 31.4 Å². The highest BCUT2D eigenvalue weighted by Crippen LogP contribution is 2.42. The molecule has 300 valence electrons. The quantitative estimate of drug-likeness (QED) is 0.117. The number of nitrogens with two attached hydrogens (primary N) is 4. The summed E-state index contributed by atoms with van der Waals surface area (Å²) in [7, 11) is 1.58. The average Bonchev–Trinajstić information content (AvgIpc) is 3.29. The van der Waals surface area contributed by atoms with Gasteiger partial charge in [-0.2, -0.15) is 13.8 Å². The summed E-state index contributed by atoms with van der Waals surface area (Å²) in [4.78, 5) is 14.7. The third-order valence-corrected chi connectivity index (χ3v) is 9.61. The number of alkyl halides is 2. The van der Waals surface area contributed by atoms with Crippen molar-refractivity contribution < 1.29 is 73.3 Å². The summed E-state index contributed by atoms with van der Waals surface area (Å²) < 4.78 is 55.5. The lowest BCUT2D eigenvalue weighted by molar-refractivity contribution is -0.319. The molecule has 17 N–H and O–H groups in total. The van der Waals surface area contributed by atoms with Crippen molar-refractivity contribution >= 4 is 5.82 Å². The second kappa shape index (κ2) is 16.7. The highest BCUT2D eigenvalue weighted by atomic mass is 19.3. The number of hydrogen-bond acceptors (Lipinski definition) is 20. The zero-order chi connectivity index (χ0) is 39.0. The van der Waals surface area contributed by atoms with Gasteiger partial charge in [-0.15, -0.1) is 0 Å². The number of ether oxygens (including phenoxy) is 5. The van der Waals surface area contributed by atoms with Gasteiger partial charge in [0, 0.05) is 18.3 Å². The first-order valence-electron chi connectivity index (χ1n) is 16.5. The number of nitrogens with zero attached hydrogens (tertiary/aromatic N) is 2. The summed E-state index contributed by atoms with van der Waals surface area (Å²) in [6, 6.07) is -2.32. The molecule has 0 aromatic carbocycles. The molecular formula is C29H51F2N7O14. The van der Waals surface area contributed by atoms with Crippen molar-refractivity contribution in [3.05, 3.63) is 22.7 Å². The van der Waals surface area contributed by atoms with E-state index in [4.69, 9.17) is 51.7 Å². The number of rotatable bonds is 8. The van der Waals surface area contributed by atoms with Gasteiger partial charge >= 0.3 is 11.6 Å². The van der Waals surface area contributed by atoms with Crippen molar-refractivity contribution in [2.45, 2.75) is 136 Å². The van der Waals surface area contributed by atoms with E-state index in [9.17, 15) is 49.3 Å². The monoisotopic (exact) mass is 759 g/mol. The molecule has 3 aliphatic heterocycles. The molecule has 0 amide bonds. The summed E-state index contributed by atoms with van der Waals surface area (Å²) >= 11 is 0. The zero-order valence-corrected chi connectivity index (χ0v) is 28.6. The van der Waals surface area contributed by atoms with Gasteiger partial charge in [0.25, 0.3) is 0 Å². The van der Waals surface area contributed by atoms with Crippen molar-refractivity contribution in [1.29, 1.82) is 0 Å². The van der Waals surface area contributed by atoms with Gasteiger partial charge in [-0.3, -0.25) is 4.57 Å². The van der Waals surface area contributed by atoms with Crippen LogP contribution < -0.4 is 33.9 Å². The number of anilines is 1. The summed E-state index contributed by atoms with van der Waals surface area (Å²) in [6.45, 7) is 1.97. The number of hydrogen-bond donors (Lipinski definition) is 13. The molecule has 0 radical (unpaired) electrons. The molecule has 5 rings (SSSR count). The SMILES string of the molecule is CN[C@@H]1[C@@H](O)[C@@H](O[C@@H]2[C@@H](O)[C@H](O[C@H]3O[C@H]([C@H](C)O)[C@@H](O)[C@H](O)[C@H]3N)[C@@H](N)C[C@H]2N)OC[C@]1(C)O.Nc1ccn([C@@H]2O[C@H](CO)[C@@H](O)C2(F)F)c(=O)n1. The van der Waals surface area contributed by atoms with E-state index in [0.717, 1.165) is 12.3 Å². The third-order valence-electron chi connectivity index (χ3n) is 9.61. The zero-order valence-electron chi connectivity index (χ0n) is 28.6. The van der Waals surface area contributed by atoms with Crippen LogP contribution in [0.1, 0.15) is 26.5 Å². The van der Waals surface area contributed by atoms with E-state index in [1.54, 1.807) is 7.05 Å². The van der Waals surface area contributed by atoms with Crippen molar-refractivity contribution in [1.82, 2.24) is 14.9 Å². The van der Waals surface area contributed by atoms with Crippen LogP contribution in [0.5, 0.6) is 0 Å². The maximum absolute atomic E-state index is 13.7. The van der Waals surface area contributed by atoms with Crippen LogP contribution in [-0.2, 0) is 23.7 Å². The van der Waals surface area contributed by atoms with Crippen LogP contribution in [0.2, 0.25) is 0 Å². The highest BCUT2D eigenvalue weighted by molar-refractivity contribution is 5.23. The molecule has 1 aliphatic carbocycles. The molecule has 1 saturated carbocycles. The summed E-state index contributed by atoms with van der Waals surface area (Å²) in [5, 5.41) is 83.3. The molecule has 4 fully saturated rings. The maximum atomic E-state index is 13.7. The Bertz CT molecular complexity index is 1390. The Morgan fingerprint density at radius 3 is 2.15 bits per heavy atom. The molecule has 0 spiro atoms. The van der Waals surface area contributed by atoms with Gasteiger partial charge in [-0.05, 0) is 33.4 Å². The molecular weight excluding hydrogens is 708 g/mol. The average molecular weight is 760 g/mol. The van der Waals surface area contributed by atoms with Gasteiger partial charge in [-0.25, -0.2) is 4.79 Å². The number of nitrogen functional groups attached to an aromatic ring is 1. The van der Waals surface area contributed by atoms with Crippen LogP contribution in [0.3, 0.4) is 0 Å². The molecule has 21 nitrogen and oxygen atoms in total. The van der Waals surface area contributed by atoms with Gasteiger partial charge in [0.2, 0.25) is 6.23 Å². The number of aliphatic hydroxyl groups excluding tert-OH is 7. The Morgan fingerprint density at radius 2 is 1.63 bits per heavy atom. The molecule has 1 aromatic heterocycles. The number of nitrogens with one attached hydrogen (secondary N) is 1. The van der Waals surface area contributed by atoms with E-state index in [1.165, 1.54) is 13.8 Å².